The van der Waals surface area contributed by atoms with Gasteiger partial charge in [0.15, 0.2) is 0 Å². The normalized spacial score (nSPS) is 12.8. The van der Waals surface area contributed by atoms with Gasteiger partial charge in [-0.05, 0) is 55.9 Å². The molecule has 126 valence electrons. The maximum Gasteiger partial charge on any atom is 0.224 e. The third kappa shape index (κ3) is 4.35. The van der Waals surface area contributed by atoms with Crippen LogP contribution in [0.5, 0.6) is 0 Å². The molecular formula is C19H27NO3. The molecule has 4 nitrogen and oxygen atoms in total. The lowest BCUT2D eigenvalue weighted by atomic mass is 9.95. The number of rotatable bonds is 7. The molecular weight excluding hydrogens is 290 g/mol. The first-order valence-corrected chi connectivity index (χ1v) is 8.33. The molecule has 23 heavy (non-hydrogen) atoms. The fraction of sp³-hybridized carbons (Fsp3) is 0.526. The van der Waals surface area contributed by atoms with Crippen molar-refractivity contribution in [3.63, 3.8) is 0 Å². The standard InChI is InChI=1S/C19H27NO3/c1-12(2)16-10-17-15(11-23-18(17)8-13(16)3)9-19(22)20-14(4)6-5-7-21/h8,10-12,14,21H,5-7,9H2,1-4H3,(H,20,22). The summed E-state index contributed by atoms with van der Waals surface area (Å²) in [6, 6.07) is 4.27. The molecule has 1 unspecified atom stereocenters. The number of furan rings is 1. The first-order chi connectivity index (χ1) is 10.9. The van der Waals surface area contributed by atoms with Crippen LogP contribution in [0.3, 0.4) is 0 Å². The van der Waals surface area contributed by atoms with E-state index in [2.05, 4.69) is 38.2 Å². The van der Waals surface area contributed by atoms with E-state index in [1.807, 2.05) is 6.92 Å². The van der Waals surface area contributed by atoms with Crippen LogP contribution in [0.4, 0.5) is 0 Å². The van der Waals surface area contributed by atoms with Crippen LogP contribution < -0.4 is 5.32 Å². The molecule has 2 N–H and O–H groups in total. The number of benzene rings is 1. The first-order valence-electron chi connectivity index (χ1n) is 8.33. The van der Waals surface area contributed by atoms with E-state index in [4.69, 9.17) is 9.52 Å². The van der Waals surface area contributed by atoms with Gasteiger partial charge in [-0.25, -0.2) is 0 Å². The molecule has 1 heterocycles. The van der Waals surface area contributed by atoms with Gasteiger partial charge in [-0.15, -0.1) is 0 Å². The fourth-order valence-electron chi connectivity index (χ4n) is 2.97. The number of fused-ring (bicyclic) bond motifs is 1. The third-order valence-corrected chi connectivity index (χ3v) is 4.22. The number of hydrogen-bond acceptors (Lipinski definition) is 3. The molecule has 0 aliphatic heterocycles. The molecule has 0 bridgehead atoms. The molecule has 0 aliphatic rings. The average Bonchev–Trinajstić information content (AvgIpc) is 2.85. The van der Waals surface area contributed by atoms with Crippen molar-refractivity contribution in [3.8, 4) is 0 Å². The highest BCUT2D eigenvalue weighted by molar-refractivity contribution is 5.88. The van der Waals surface area contributed by atoms with E-state index in [9.17, 15) is 4.79 Å². The molecule has 4 heteroatoms. The largest absolute Gasteiger partial charge is 0.464 e. The predicted molar refractivity (Wildman–Crippen MR) is 92.7 cm³/mol. The highest BCUT2D eigenvalue weighted by Crippen LogP contribution is 2.29. The molecule has 0 aliphatic carbocycles. The summed E-state index contributed by atoms with van der Waals surface area (Å²) in [4.78, 5) is 12.2. The minimum atomic E-state index is -0.00943. The maximum atomic E-state index is 12.2. The second kappa shape index (κ2) is 7.64. The van der Waals surface area contributed by atoms with E-state index in [1.54, 1.807) is 6.26 Å². The van der Waals surface area contributed by atoms with Crippen molar-refractivity contribution >= 4 is 16.9 Å². The summed E-state index contributed by atoms with van der Waals surface area (Å²) >= 11 is 0. The zero-order chi connectivity index (χ0) is 17.0. The maximum absolute atomic E-state index is 12.2. The van der Waals surface area contributed by atoms with Crippen molar-refractivity contribution < 1.29 is 14.3 Å². The topological polar surface area (TPSA) is 62.5 Å². The van der Waals surface area contributed by atoms with Crippen molar-refractivity contribution in [3.05, 3.63) is 35.1 Å². The number of hydrogen-bond donors (Lipinski definition) is 2. The number of nitrogens with one attached hydrogen (secondary N) is 1. The smallest absolute Gasteiger partial charge is 0.224 e. The van der Waals surface area contributed by atoms with Gasteiger partial charge in [0.05, 0.1) is 12.7 Å². The fourth-order valence-corrected chi connectivity index (χ4v) is 2.97. The number of amides is 1. The third-order valence-electron chi connectivity index (χ3n) is 4.22. The molecule has 1 aromatic heterocycles. The van der Waals surface area contributed by atoms with Crippen molar-refractivity contribution in [2.45, 2.75) is 58.9 Å². The van der Waals surface area contributed by atoms with Gasteiger partial charge in [-0.1, -0.05) is 13.8 Å². The molecule has 1 amide bonds. The molecule has 0 spiro atoms. The average molecular weight is 317 g/mol. The van der Waals surface area contributed by atoms with Crippen LogP contribution in [0.1, 0.15) is 56.2 Å². The molecule has 0 saturated heterocycles. The molecule has 0 fully saturated rings. The van der Waals surface area contributed by atoms with E-state index >= 15 is 0 Å². The van der Waals surface area contributed by atoms with E-state index < -0.39 is 0 Å². The first kappa shape index (κ1) is 17.5. The molecule has 2 rings (SSSR count). The Morgan fingerprint density at radius 2 is 2.04 bits per heavy atom. The van der Waals surface area contributed by atoms with Crippen LogP contribution in [0.25, 0.3) is 11.0 Å². The van der Waals surface area contributed by atoms with Crippen LogP contribution in [0.2, 0.25) is 0 Å². The second-order valence-corrected chi connectivity index (χ2v) is 6.63. The van der Waals surface area contributed by atoms with Crippen molar-refractivity contribution in [1.82, 2.24) is 5.32 Å². The molecule has 0 radical (unpaired) electrons. The monoisotopic (exact) mass is 317 g/mol. The summed E-state index contributed by atoms with van der Waals surface area (Å²) in [6.45, 7) is 8.55. The van der Waals surface area contributed by atoms with Gasteiger partial charge in [0.25, 0.3) is 0 Å². The SMILES string of the molecule is Cc1cc2occ(CC(=O)NC(C)CCCO)c2cc1C(C)C. The minimum Gasteiger partial charge on any atom is -0.464 e. The summed E-state index contributed by atoms with van der Waals surface area (Å²) < 4.78 is 5.62. The van der Waals surface area contributed by atoms with Gasteiger partial charge in [-0.3, -0.25) is 4.79 Å². The summed E-state index contributed by atoms with van der Waals surface area (Å²) in [7, 11) is 0. The molecule has 1 atom stereocenters. The van der Waals surface area contributed by atoms with Crippen LogP contribution in [-0.2, 0) is 11.2 Å². The number of aliphatic hydroxyl groups excluding tert-OH is 1. The highest BCUT2D eigenvalue weighted by Gasteiger charge is 2.15. The van der Waals surface area contributed by atoms with Crippen LogP contribution in [0, 0.1) is 6.92 Å². The van der Waals surface area contributed by atoms with E-state index in [-0.39, 0.29) is 18.6 Å². The Labute approximate surface area is 137 Å². The number of carbonyl (C=O) groups excluding carboxylic acids is 1. The minimum absolute atomic E-state index is 0.00943. The molecule has 0 saturated carbocycles. The molecule has 2 aromatic rings. The summed E-state index contributed by atoms with van der Waals surface area (Å²) in [6.07, 6.45) is 3.49. The summed E-state index contributed by atoms with van der Waals surface area (Å²) in [5.41, 5.74) is 4.27. The summed E-state index contributed by atoms with van der Waals surface area (Å²) in [5, 5.41) is 12.8. The van der Waals surface area contributed by atoms with E-state index in [0.29, 0.717) is 18.8 Å². The Hall–Kier alpha value is -1.81. The van der Waals surface area contributed by atoms with Crippen molar-refractivity contribution in [2.24, 2.45) is 0 Å². The van der Waals surface area contributed by atoms with E-state index in [1.165, 1.54) is 11.1 Å². The quantitative estimate of drug-likeness (QED) is 0.819. The van der Waals surface area contributed by atoms with Gasteiger partial charge in [-0.2, -0.15) is 0 Å². The Morgan fingerprint density at radius 1 is 1.30 bits per heavy atom. The van der Waals surface area contributed by atoms with Crippen LogP contribution >= 0.6 is 0 Å². The Kier molecular flexibility index (Phi) is 5.83. The Bertz CT molecular complexity index is 673. The van der Waals surface area contributed by atoms with Gasteiger partial charge in [0.1, 0.15) is 5.58 Å². The van der Waals surface area contributed by atoms with Crippen molar-refractivity contribution in [1.29, 1.82) is 0 Å². The zero-order valence-corrected chi connectivity index (χ0v) is 14.5. The van der Waals surface area contributed by atoms with Crippen LogP contribution in [0.15, 0.2) is 22.8 Å². The highest BCUT2D eigenvalue weighted by atomic mass is 16.3. The lowest BCUT2D eigenvalue weighted by Gasteiger charge is -2.13. The van der Waals surface area contributed by atoms with Crippen molar-refractivity contribution in [2.75, 3.05) is 6.61 Å². The lowest BCUT2D eigenvalue weighted by Crippen LogP contribution is -2.33. The number of carbonyl (C=O) groups is 1. The predicted octanol–water partition coefficient (Wildman–Crippen LogP) is 3.68. The van der Waals surface area contributed by atoms with Crippen LogP contribution in [-0.4, -0.2) is 23.7 Å². The second-order valence-electron chi connectivity index (χ2n) is 6.63. The zero-order valence-electron chi connectivity index (χ0n) is 14.5. The van der Waals surface area contributed by atoms with Gasteiger partial charge in [0, 0.05) is 23.6 Å². The Morgan fingerprint density at radius 3 is 2.70 bits per heavy atom. The lowest BCUT2D eigenvalue weighted by molar-refractivity contribution is -0.121. The van der Waals surface area contributed by atoms with Gasteiger partial charge in [0.2, 0.25) is 5.91 Å². The molecule has 1 aromatic carbocycles. The van der Waals surface area contributed by atoms with Gasteiger partial charge < -0.3 is 14.8 Å². The number of aryl methyl sites for hydroxylation is 1. The summed E-state index contributed by atoms with van der Waals surface area (Å²) in [5.74, 6) is 0.430. The van der Waals surface area contributed by atoms with E-state index in [0.717, 1.165) is 23.0 Å². The Balaban J connectivity index is 2.14. The van der Waals surface area contributed by atoms with Gasteiger partial charge >= 0.3 is 0 Å². The number of aliphatic hydroxyl groups is 1.